The summed E-state index contributed by atoms with van der Waals surface area (Å²) in [4.78, 5) is 55.4. The van der Waals surface area contributed by atoms with Gasteiger partial charge >= 0.3 is 12.1 Å². The minimum absolute atomic E-state index is 0.0536. The van der Waals surface area contributed by atoms with Crippen molar-refractivity contribution in [2.45, 2.75) is 51.9 Å². The molecular formula is C29H30BrN3O6. The molecule has 204 valence electrons. The predicted molar refractivity (Wildman–Crippen MR) is 149 cm³/mol. The number of pyridine rings is 1. The van der Waals surface area contributed by atoms with E-state index in [1.165, 1.54) is 6.20 Å². The number of anilines is 1. The van der Waals surface area contributed by atoms with Gasteiger partial charge in [-0.25, -0.2) is 4.79 Å². The third-order valence-electron chi connectivity index (χ3n) is 5.27. The molecule has 0 aliphatic carbocycles. The van der Waals surface area contributed by atoms with Crippen LogP contribution < -0.4 is 10.6 Å². The van der Waals surface area contributed by atoms with Gasteiger partial charge in [0, 0.05) is 22.7 Å². The summed E-state index contributed by atoms with van der Waals surface area (Å²) in [5.74, 6) is -1.55. The molecule has 0 bridgehead atoms. The van der Waals surface area contributed by atoms with Crippen LogP contribution in [0.25, 0.3) is 0 Å². The summed E-state index contributed by atoms with van der Waals surface area (Å²) < 4.78 is 11.3. The van der Waals surface area contributed by atoms with Crippen LogP contribution in [0.3, 0.4) is 0 Å². The first kappa shape index (κ1) is 29.5. The molecule has 3 rings (SSSR count). The number of carbonyl (C=O) groups excluding carboxylic acids is 4. The minimum atomic E-state index is -1.14. The van der Waals surface area contributed by atoms with E-state index >= 15 is 0 Å². The van der Waals surface area contributed by atoms with Crippen LogP contribution in [0.4, 0.5) is 10.5 Å². The van der Waals surface area contributed by atoms with E-state index in [0.29, 0.717) is 4.47 Å². The molecule has 2 aromatic carbocycles. The number of hydrogen-bond donors (Lipinski definition) is 2. The fraction of sp³-hybridized carbons (Fsp3) is 0.276. The third-order valence-corrected chi connectivity index (χ3v) is 5.76. The minimum Gasteiger partial charge on any atom is -0.461 e. The summed E-state index contributed by atoms with van der Waals surface area (Å²) in [6.45, 7) is 5.18. The zero-order valence-corrected chi connectivity index (χ0v) is 23.5. The Morgan fingerprint density at radius 2 is 1.67 bits per heavy atom. The van der Waals surface area contributed by atoms with E-state index in [0.717, 1.165) is 5.56 Å². The quantitative estimate of drug-likeness (QED) is 0.236. The van der Waals surface area contributed by atoms with E-state index in [2.05, 4.69) is 31.5 Å². The number of carbonyl (C=O) groups is 4. The van der Waals surface area contributed by atoms with Crippen molar-refractivity contribution >= 4 is 45.4 Å². The highest BCUT2D eigenvalue weighted by Gasteiger charge is 2.27. The van der Waals surface area contributed by atoms with Crippen molar-refractivity contribution in [2.75, 3.05) is 5.32 Å². The highest BCUT2D eigenvalue weighted by molar-refractivity contribution is 9.10. The van der Waals surface area contributed by atoms with Crippen LogP contribution in [-0.2, 0) is 25.7 Å². The van der Waals surface area contributed by atoms with Crippen LogP contribution >= 0.6 is 15.9 Å². The second-order valence-corrected chi connectivity index (χ2v) is 10.5. The maximum atomic E-state index is 13.3. The van der Waals surface area contributed by atoms with Crippen molar-refractivity contribution in [3.63, 3.8) is 0 Å². The van der Waals surface area contributed by atoms with Crippen molar-refractivity contribution in [3.8, 4) is 0 Å². The number of rotatable bonds is 10. The van der Waals surface area contributed by atoms with Gasteiger partial charge in [0.25, 0.3) is 0 Å². The molecule has 0 radical (unpaired) electrons. The monoisotopic (exact) mass is 595 g/mol. The van der Waals surface area contributed by atoms with Gasteiger partial charge in [0.1, 0.15) is 23.9 Å². The second-order valence-electron chi connectivity index (χ2n) is 9.61. The summed E-state index contributed by atoms with van der Waals surface area (Å²) in [5, 5.41) is 5.23. The fourth-order valence-electron chi connectivity index (χ4n) is 3.47. The van der Waals surface area contributed by atoms with Gasteiger partial charge in [-0.2, -0.15) is 0 Å². The standard InChI is InChI=1S/C29H30BrN3O6/c1-29(2,3)39-28(37)33-23(13-14-25(34)38-18-19-9-5-4-6-10-19)27(36)32-22-12-8-7-11-21(22)26(35)24-17-20(30)15-16-31-24/h4-12,15-17,23H,13-14,18H2,1-3H3,(H,32,36)(H,33,37)/t23-/m0/s1. The maximum absolute atomic E-state index is 13.3. The second kappa shape index (κ2) is 13.7. The number of amides is 2. The summed E-state index contributed by atoms with van der Waals surface area (Å²) in [6, 6.07) is 17.8. The first-order chi connectivity index (χ1) is 18.5. The van der Waals surface area contributed by atoms with Gasteiger partial charge in [0.15, 0.2) is 0 Å². The molecule has 0 saturated heterocycles. The molecular weight excluding hydrogens is 566 g/mol. The molecule has 10 heteroatoms. The molecule has 0 saturated carbocycles. The summed E-state index contributed by atoms with van der Waals surface area (Å²) in [5.41, 5.74) is 0.672. The van der Waals surface area contributed by atoms with E-state index in [9.17, 15) is 19.2 Å². The molecule has 3 aromatic rings. The Hall–Kier alpha value is -4.05. The number of aromatic nitrogens is 1. The highest BCUT2D eigenvalue weighted by Crippen LogP contribution is 2.21. The van der Waals surface area contributed by atoms with Gasteiger partial charge in [0.2, 0.25) is 11.7 Å². The lowest BCUT2D eigenvalue weighted by Gasteiger charge is -2.23. The molecule has 0 fully saturated rings. The summed E-state index contributed by atoms with van der Waals surface area (Å²) in [7, 11) is 0. The lowest BCUT2D eigenvalue weighted by Crippen LogP contribution is -2.46. The van der Waals surface area contributed by atoms with Gasteiger partial charge < -0.3 is 20.1 Å². The largest absolute Gasteiger partial charge is 0.461 e. The van der Waals surface area contributed by atoms with Crippen LogP contribution in [0.2, 0.25) is 0 Å². The average Bonchev–Trinajstić information content (AvgIpc) is 2.89. The molecule has 1 heterocycles. The molecule has 0 aliphatic rings. The number of ether oxygens (including phenoxy) is 2. The molecule has 0 unspecified atom stereocenters. The van der Waals surface area contributed by atoms with Crippen LogP contribution in [0.1, 0.15) is 55.2 Å². The highest BCUT2D eigenvalue weighted by atomic mass is 79.9. The van der Waals surface area contributed by atoms with Crippen molar-refractivity contribution in [2.24, 2.45) is 0 Å². The van der Waals surface area contributed by atoms with Gasteiger partial charge in [-0.05, 0) is 57.0 Å². The van der Waals surface area contributed by atoms with Crippen molar-refractivity contribution < 1.29 is 28.7 Å². The summed E-state index contributed by atoms with van der Waals surface area (Å²) in [6.07, 6.45) is 0.490. The SMILES string of the molecule is CC(C)(C)OC(=O)N[C@@H](CCC(=O)OCc1ccccc1)C(=O)Nc1ccccc1C(=O)c1cc(Br)ccn1. The zero-order valence-electron chi connectivity index (χ0n) is 21.9. The van der Waals surface area contributed by atoms with Gasteiger partial charge in [-0.15, -0.1) is 0 Å². The van der Waals surface area contributed by atoms with Crippen LogP contribution in [0.5, 0.6) is 0 Å². The zero-order chi connectivity index (χ0) is 28.4. The number of hydrogen-bond acceptors (Lipinski definition) is 7. The normalized spacial score (nSPS) is 11.7. The Bertz CT molecular complexity index is 1320. The van der Waals surface area contributed by atoms with Crippen molar-refractivity contribution in [3.05, 3.63) is 94.2 Å². The topological polar surface area (TPSA) is 124 Å². The molecule has 1 aromatic heterocycles. The molecule has 0 spiro atoms. The number of para-hydroxylation sites is 1. The predicted octanol–water partition coefficient (Wildman–Crippen LogP) is 5.43. The summed E-state index contributed by atoms with van der Waals surface area (Å²) >= 11 is 3.33. The molecule has 9 nitrogen and oxygen atoms in total. The Labute approximate surface area is 235 Å². The van der Waals surface area contributed by atoms with E-state index in [-0.39, 0.29) is 36.4 Å². The number of nitrogens with zero attached hydrogens (tertiary/aromatic N) is 1. The molecule has 1 atom stereocenters. The first-order valence-corrected chi connectivity index (χ1v) is 13.1. The molecule has 2 amide bonds. The number of ketones is 1. The van der Waals surface area contributed by atoms with Crippen molar-refractivity contribution in [1.29, 1.82) is 0 Å². The van der Waals surface area contributed by atoms with Gasteiger partial charge in [-0.3, -0.25) is 19.4 Å². The van der Waals surface area contributed by atoms with E-state index in [1.54, 1.807) is 57.2 Å². The average molecular weight is 596 g/mol. The molecule has 39 heavy (non-hydrogen) atoms. The van der Waals surface area contributed by atoms with Gasteiger partial charge in [-0.1, -0.05) is 58.4 Å². The number of halogens is 1. The maximum Gasteiger partial charge on any atom is 0.408 e. The number of nitrogens with one attached hydrogen (secondary N) is 2. The van der Waals surface area contributed by atoms with Crippen molar-refractivity contribution in [1.82, 2.24) is 10.3 Å². The van der Waals surface area contributed by atoms with Crippen LogP contribution in [0, 0.1) is 0 Å². The van der Waals surface area contributed by atoms with Crippen LogP contribution in [-0.4, -0.2) is 40.4 Å². The Morgan fingerprint density at radius 1 is 0.974 bits per heavy atom. The van der Waals surface area contributed by atoms with Crippen LogP contribution in [0.15, 0.2) is 77.4 Å². The van der Waals surface area contributed by atoms with E-state index in [4.69, 9.17) is 9.47 Å². The van der Waals surface area contributed by atoms with E-state index in [1.807, 2.05) is 30.3 Å². The number of esters is 1. The van der Waals surface area contributed by atoms with Gasteiger partial charge in [0.05, 0.1) is 5.69 Å². The number of alkyl carbamates (subject to hydrolysis) is 1. The molecule has 2 N–H and O–H groups in total. The number of benzene rings is 2. The smallest absolute Gasteiger partial charge is 0.408 e. The molecule has 0 aliphatic heterocycles. The fourth-order valence-corrected chi connectivity index (χ4v) is 3.80. The Kier molecular flexibility index (Phi) is 10.3. The third kappa shape index (κ3) is 9.64. The lowest BCUT2D eigenvalue weighted by atomic mass is 10.0. The Morgan fingerprint density at radius 3 is 2.36 bits per heavy atom. The Balaban J connectivity index is 1.73. The lowest BCUT2D eigenvalue weighted by molar-refractivity contribution is -0.145. The first-order valence-electron chi connectivity index (χ1n) is 12.3. The van der Waals surface area contributed by atoms with E-state index < -0.39 is 35.4 Å².